The molecule has 2 N–H and O–H groups in total. The number of hydrogen-bond acceptors (Lipinski definition) is 2. The summed E-state index contributed by atoms with van der Waals surface area (Å²) in [5, 5.41) is 0. The number of hydrogen-bond donors (Lipinski definition) is 1. The number of primary amides is 1. The predicted octanol–water partition coefficient (Wildman–Crippen LogP) is 1.11. The van der Waals surface area contributed by atoms with Crippen LogP contribution in [0.4, 0.5) is 0 Å². The molecule has 0 aliphatic carbocycles. The van der Waals surface area contributed by atoms with Gasteiger partial charge in [0.25, 0.3) is 0 Å². The average molecular weight is 170 g/mol. The Bertz CT molecular complexity index is 173. The van der Waals surface area contributed by atoms with Crippen LogP contribution in [0.1, 0.15) is 26.2 Å². The van der Waals surface area contributed by atoms with Gasteiger partial charge >= 0.3 is 0 Å². The van der Waals surface area contributed by atoms with Gasteiger partial charge in [0, 0.05) is 25.9 Å². The highest BCUT2D eigenvalue weighted by atomic mass is 16.1. The summed E-state index contributed by atoms with van der Waals surface area (Å²) in [4.78, 5) is 12.7. The molecule has 0 aromatic heterocycles. The van der Waals surface area contributed by atoms with Gasteiger partial charge < -0.3 is 10.6 Å². The van der Waals surface area contributed by atoms with Gasteiger partial charge in [0.2, 0.25) is 5.91 Å². The molecule has 0 spiro atoms. The maximum absolute atomic E-state index is 10.9. The Morgan fingerprint density at radius 1 is 1.50 bits per heavy atom. The molecule has 1 amide bonds. The molecule has 12 heavy (non-hydrogen) atoms. The number of carbonyl (C=O) groups excluding carboxylic acids is 1. The first kappa shape index (κ1) is 11.0. The second-order valence-corrected chi connectivity index (χ2v) is 3.09. The SMILES string of the molecule is CCCC/C(=C\N(C)C)C(N)=O. The monoisotopic (exact) mass is 170 g/mol. The second kappa shape index (κ2) is 5.63. The van der Waals surface area contributed by atoms with Crippen molar-refractivity contribution in [3.8, 4) is 0 Å². The van der Waals surface area contributed by atoms with Gasteiger partial charge in [-0.3, -0.25) is 4.79 Å². The Morgan fingerprint density at radius 3 is 2.42 bits per heavy atom. The highest BCUT2D eigenvalue weighted by molar-refractivity contribution is 5.91. The fraction of sp³-hybridized carbons (Fsp3) is 0.667. The zero-order chi connectivity index (χ0) is 9.56. The molecule has 70 valence electrons. The molecule has 3 heteroatoms. The van der Waals surface area contributed by atoms with E-state index in [9.17, 15) is 4.79 Å². The van der Waals surface area contributed by atoms with Crippen LogP contribution in [0.3, 0.4) is 0 Å². The van der Waals surface area contributed by atoms with Crippen LogP contribution in [0.25, 0.3) is 0 Å². The Balaban J connectivity index is 4.13. The quantitative estimate of drug-likeness (QED) is 0.628. The summed E-state index contributed by atoms with van der Waals surface area (Å²) in [5.41, 5.74) is 5.90. The van der Waals surface area contributed by atoms with Crippen LogP contribution < -0.4 is 5.73 Å². The van der Waals surface area contributed by atoms with Crippen molar-refractivity contribution in [1.82, 2.24) is 4.90 Å². The van der Waals surface area contributed by atoms with E-state index < -0.39 is 0 Å². The fourth-order valence-electron chi connectivity index (χ4n) is 0.930. The van der Waals surface area contributed by atoms with Crippen LogP contribution in [0.5, 0.6) is 0 Å². The van der Waals surface area contributed by atoms with E-state index in [1.54, 1.807) is 6.20 Å². The Labute approximate surface area is 74.2 Å². The third-order valence-corrected chi connectivity index (χ3v) is 1.53. The van der Waals surface area contributed by atoms with Crippen molar-refractivity contribution >= 4 is 5.91 Å². The van der Waals surface area contributed by atoms with Gasteiger partial charge in [0.05, 0.1) is 0 Å². The Kier molecular flexibility index (Phi) is 5.17. The number of rotatable bonds is 5. The van der Waals surface area contributed by atoms with E-state index in [1.165, 1.54) is 0 Å². The van der Waals surface area contributed by atoms with E-state index in [-0.39, 0.29) is 5.91 Å². The zero-order valence-corrected chi connectivity index (χ0v) is 8.13. The van der Waals surface area contributed by atoms with E-state index in [4.69, 9.17) is 5.73 Å². The number of carbonyl (C=O) groups is 1. The first-order chi connectivity index (χ1) is 5.57. The molecule has 0 fully saturated rings. The second-order valence-electron chi connectivity index (χ2n) is 3.09. The van der Waals surface area contributed by atoms with Gasteiger partial charge in [0.15, 0.2) is 0 Å². The Morgan fingerprint density at radius 2 is 2.08 bits per heavy atom. The molecule has 3 nitrogen and oxygen atoms in total. The van der Waals surface area contributed by atoms with Crippen molar-refractivity contribution < 1.29 is 4.79 Å². The molecule has 0 aliphatic heterocycles. The van der Waals surface area contributed by atoms with Crippen molar-refractivity contribution in [3.63, 3.8) is 0 Å². The van der Waals surface area contributed by atoms with Gasteiger partial charge in [-0.05, 0) is 12.8 Å². The maximum atomic E-state index is 10.9. The van der Waals surface area contributed by atoms with Gasteiger partial charge in [-0.25, -0.2) is 0 Å². The van der Waals surface area contributed by atoms with E-state index in [1.807, 2.05) is 19.0 Å². The Hall–Kier alpha value is -0.990. The van der Waals surface area contributed by atoms with Crippen LogP contribution in [-0.4, -0.2) is 24.9 Å². The summed E-state index contributed by atoms with van der Waals surface area (Å²) in [7, 11) is 3.77. The molecule has 0 saturated carbocycles. The van der Waals surface area contributed by atoms with Crippen molar-refractivity contribution in [2.45, 2.75) is 26.2 Å². The number of nitrogens with two attached hydrogens (primary N) is 1. The van der Waals surface area contributed by atoms with E-state index in [0.717, 1.165) is 19.3 Å². The molecule has 0 aromatic carbocycles. The highest BCUT2D eigenvalue weighted by Gasteiger charge is 2.03. The minimum absolute atomic E-state index is 0.308. The van der Waals surface area contributed by atoms with E-state index >= 15 is 0 Å². The van der Waals surface area contributed by atoms with E-state index in [0.29, 0.717) is 5.57 Å². The first-order valence-electron chi connectivity index (χ1n) is 4.24. The van der Waals surface area contributed by atoms with Gasteiger partial charge in [-0.15, -0.1) is 0 Å². The lowest BCUT2D eigenvalue weighted by Crippen LogP contribution is -2.17. The van der Waals surface area contributed by atoms with Crippen LogP contribution in [-0.2, 0) is 4.79 Å². The summed E-state index contributed by atoms with van der Waals surface area (Å²) in [5.74, 6) is -0.308. The average Bonchev–Trinajstić information content (AvgIpc) is 1.96. The summed E-state index contributed by atoms with van der Waals surface area (Å²) >= 11 is 0. The summed E-state index contributed by atoms with van der Waals surface area (Å²) in [6, 6.07) is 0. The predicted molar refractivity (Wildman–Crippen MR) is 50.5 cm³/mol. The summed E-state index contributed by atoms with van der Waals surface area (Å²) < 4.78 is 0. The molecule has 0 radical (unpaired) electrons. The molecule has 0 heterocycles. The molecule has 0 saturated heterocycles. The molecule has 0 aliphatic rings. The minimum Gasteiger partial charge on any atom is -0.383 e. The number of unbranched alkanes of at least 4 members (excludes halogenated alkanes) is 1. The molecule has 0 aromatic rings. The van der Waals surface area contributed by atoms with Crippen molar-refractivity contribution in [2.75, 3.05) is 14.1 Å². The summed E-state index contributed by atoms with van der Waals surface area (Å²) in [6.45, 7) is 2.09. The zero-order valence-electron chi connectivity index (χ0n) is 8.13. The lowest BCUT2D eigenvalue weighted by atomic mass is 10.1. The molecular formula is C9H18N2O. The third-order valence-electron chi connectivity index (χ3n) is 1.53. The molecule has 0 unspecified atom stereocenters. The van der Waals surface area contributed by atoms with Crippen LogP contribution >= 0.6 is 0 Å². The molecule has 0 atom stereocenters. The fourth-order valence-corrected chi connectivity index (χ4v) is 0.930. The van der Waals surface area contributed by atoms with Gasteiger partial charge in [-0.1, -0.05) is 13.3 Å². The van der Waals surface area contributed by atoms with Gasteiger partial charge in [-0.2, -0.15) is 0 Å². The third kappa shape index (κ3) is 4.77. The van der Waals surface area contributed by atoms with E-state index in [2.05, 4.69) is 6.92 Å². The first-order valence-corrected chi connectivity index (χ1v) is 4.24. The lowest BCUT2D eigenvalue weighted by Gasteiger charge is -2.08. The minimum atomic E-state index is -0.308. The molecule has 0 bridgehead atoms. The largest absolute Gasteiger partial charge is 0.383 e. The van der Waals surface area contributed by atoms with Crippen molar-refractivity contribution in [1.29, 1.82) is 0 Å². The normalized spacial score (nSPS) is 11.4. The molecular weight excluding hydrogens is 152 g/mol. The van der Waals surface area contributed by atoms with Gasteiger partial charge in [0.1, 0.15) is 0 Å². The summed E-state index contributed by atoms with van der Waals surface area (Å²) in [6.07, 6.45) is 4.67. The smallest absolute Gasteiger partial charge is 0.246 e. The number of nitrogens with zero attached hydrogens (tertiary/aromatic N) is 1. The van der Waals surface area contributed by atoms with Crippen LogP contribution in [0.2, 0.25) is 0 Å². The van der Waals surface area contributed by atoms with Crippen LogP contribution in [0, 0.1) is 0 Å². The number of amides is 1. The van der Waals surface area contributed by atoms with Crippen LogP contribution in [0.15, 0.2) is 11.8 Å². The highest BCUT2D eigenvalue weighted by Crippen LogP contribution is 2.06. The standard InChI is InChI=1S/C9H18N2O/c1-4-5-6-8(9(10)12)7-11(2)3/h7H,4-6H2,1-3H3,(H2,10,12)/b8-7+. The van der Waals surface area contributed by atoms with Crippen molar-refractivity contribution in [2.24, 2.45) is 5.73 Å². The molecule has 0 rings (SSSR count). The van der Waals surface area contributed by atoms with Crippen molar-refractivity contribution in [3.05, 3.63) is 11.8 Å². The maximum Gasteiger partial charge on any atom is 0.246 e. The lowest BCUT2D eigenvalue weighted by molar-refractivity contribution is -0.114. The topological polar surface area (TPSA) is 46.3 Å².